The molecule has 2 aromatic rings. The van der Waals surface area contributed by atoms with Crippen molar-refractivity contribution in [3.05, 3.63) is 36.5 Å². The number of aliphatic imine (C=N–C) groups is 1. The normalized spacial score (nSPS) is 11.1. The van der Waals surface area contributed by atoms with Gasteiger partial charge in [-0.05, 0) is 18.4 Å². The first-order valence-electron chi connectivity index (χ1n) is 5.61. The SMILES string of the molecule is CSC(=Nc1ccccc1-c1ccn(C)n1)NC#N. The summed E-state index contributed by atoms with van der Waals surface area (Å²) in [4.78, 5) is 4.45. The third-order valence-electron chi connectivity index (χ3n) is 2.47. The molecule has 0 unspecified atom stereocenters. The van der Waals surface area contributed by atoms with Crippen molar-refractivity contribution in [3.63, 3.8) is 0 Å². The van der Waals surface area contributed by atoms with E-state index in [-0.39, 0.29) is 0 Å². The van der Waals surface area contributed by atoms with E-state index in [4.69, 9.17) is 5.26 Å². The van der Waals surface area contributed by atoms with E-state index in [2.05, 4.69) is 15.4 Å². The molecule has 96 valence electrons. The summed E-state index contributed by atoms with van der Waals surface area (Å²) in [6.07, 6.45) is 5.64. The van der Waals surface area contributed by atoms with E-state index in [1.807, 2.05) is 56.0 Å². The molecule has 0 saturated carbocycles. The Labute approximate surface area is 116 Å². The molecular weight excluding hydrogens is 258 g/mol. The maximum Gasteiger partial charge on any atom is 0.183 e. The fraction of sp³-hybridized carbons (Fsp3) is 0.154. The van der Waals surface area contributed by atoms with Crippen LogP contribution in [-0.2, 0) is 7.05 Å². The lowest BCUT2D eigenvalue weighted by atomic mass is 10.1. The molecule has 0 aliphatic carbocycles. The predicted molar refractivity (Wildman–Crippen MR) is 78.0 cm³/mol. The maximum absolute atomic E-state index is 8.66. The molecule has 1 aromatic carbocycles. The molecule has 0 fully saturated rings. The number of rotatable bonds is 2. The number of nitriles is 1. The minimum absolute atomic E-state index is 0.561. The fourth-order valence-electron chi connectivity index (χ4n) is 1.63. The number of amidine groups is 1. The second kappa shape index (κ2) is 6.07. The summed E-state index contributed by atoms with van der Waals surface area (Å²) in [6.45, 7) is 0. The second-order valence-corrected chi connectivity index (χ2v) is 4.54. The van der Waals surface area contributed by atoms with Crippen LogP contribution in [0.3, 0.4) is 0 Å². The zero-order valence-corrected chi connectivity index (χ0v) is 11.5. The molecule has 0 aliphatic heterocycles. The van der Waals surface area contributed by atoms with Gasteiger partial charge in [-0.25, -0.2) is 4.99 Å². The Morgan fingerprint density at radius 1 is 1.42 bits per heavy atom. The average Bonchev–Trinajstić information content (AvgIpc) is 2.85. The smallest absolute Gasteiger partial charge is 0.183 e. The highest BCUT2D eigenvalue weighted by Gasteiger charge is 2.07. The zero-order chi connectivity index (χ0) is 13.7. The number of aryl methyl sites for hydroxylation is 1. The van der Waals surface area contributed by atoms with Crippen molar-refractivity contribution < 1.29 is 0 Å². The molecule has 1 heterocycles. The predicted octanol–water partition coefficient (Wildman–Crippen LogP) is 2.51. The van der Waals surface area contributed by atoms with Gasteiger partial charge in [0.2, 0.25) is 0 Å². The van der Waals surface area contributed by atoms with Crippen LogP contribution < -0.4 is 5.32 Å². The van der Waals surface area contributed by atoms with E-state index < -0.39 is 0 Å². The lowest BCUT2D eigenvalue weighted by Crippen LogP contribution is -2.12. The van der Waals surface area contributed by atoms with Crippen LogP contribution in [0, 0.1) is 11.5 Å². The molecule has 0 saturated heterocycles. The van der Waals surface area contributed by atoms with Gasteiger partial charge >= 0.3 is 0 Å². The first kappa shape index (κ1) is 13.2. The number of thioether (sulfide) groups is 1. The highest BCUT2D eigenvalue weighted by molar-refractivity contribution is 8.13. The van der Waals surface area contributed by atoms with Gasteiger partial charge in [0.05, 0.1) is 11.4 Å². The van der Waals surface area contributed by atoms with Crippen molar-refractivity contribution in [3.8, 4) is 17.5 Å². The Morgan fingerprint density at radius 3 is 2.84 bits per heavy atom. The molecule has 19 heavy (non-hydrogen) atoms. The van der Waals surface area contributed by atoms with Crippen LogP contribution in [0.25, 0.3) is 11.3 Å². The number of para-hydroxylation sites is 1. The molecule has 0 spiro atoms. The summed E-state index contributed by atoms with van der Waals surface area (Å²) in [5.74, 6) is 0. The molecule has 2 rings (SSSR count). The Morgan fingerprint density at radius 2 is 2.21 bits per heavy atom. The van der Waals surface area contributed by atoms with Gasteiger partial charge in [-0.2, -0.15) is 10.4 Å². The molecule has 1 aromatic heterocycles. The van der Waals surface area contributed by atoms with Gasteiger partial charge in [-0.1, -0.05) is 30.0 Å². The third kappa shape index (κ3) is 3.14. The van der Waals surface area contributed by atoms with E-state index in [9.17, 15) is 0 Å². The number of nitrogens with zero attached hydrogens (tertiary/aromatic N) is 4. The molecule has 6 heteroatoms. The number of aromatic nitrogens is 2. The number of hydrogen-bond donors (Lipinski definition) is 1. The summed E-state index contributed by atoms with van der Waals surface area (Å²) in [5, 5.41) is 16.2. The highest BCUT2D eigenvalue weighted by atomic mass is 32.2. The molecule has 0 bridgehead atoms. The van der Waals surface area contributed by atoms with E-state index in [1.165, 1.54) is 11.8 Å². The monoisotopic (exact) mass is 271 g/mol. The lowest BCUT2D eigenvalue weighted by molar-refractivity contribution is 0.771. The number of hydrogen-bond acceptors (Lipinski definition) is 4. The Hall–Kier alpha value is -2.26. The maximum atomic E-state index is 8.66. The molecule has 0 radical (unpaired) electrons. The summed E-state index contributed by atoms with van der Waals surface area (Å²) < 4.78 is 1.75. The molecule has 0 atom stereocenters. The van der Waals surface area contributed by atoms with Gasteiger partial charge in [0.25, 0.3) is 0 Å². The Kier molecular flexibility index (Phi) is 4.21. The van der Waals surface area contributed by atoms with Crippen LogP contribution in [0.1, 0.15) is 0 Å². The van der Waals surface area contributed by atoms with Crippen molar-refractivity contribution >= 4 is 22.6 Å². The van der Waals surface area contributed by atoms with Crippen LogP contribution in [0.2, 0.25) is 0 Å². The van der Waals surface area contributed by atoms with Gasteiger partial charge in [0, 0.05) is 18.8 Å². The minimum Gasteiger partial charge on any atom is -0.275 e. The molecule has 0 amide bonds. The van der Waals surface area contributed by atoms with Gasteiger partial charge in [-0.3, -0.25) is 10.00 Å². The van der Waals surface area contributed by atoms with Crippen molar-refractivity contribution in [2.24, 2.45) is 12.0 Å². The van der Waals surface area contributed by atoms with Crippen molar-refractivity contribution in [1.29, 1.82) is 5.26 Å². The first-order valence-corrected chi connectivity index (χ1v) is 6.84. The Balaban J connectivity index is 2.45. The van der Waals surface area contributed by atoms with E-state index in [0.29, 0.717) is 5.17 Å². The third-order valence-corrected chi connectivity index (χ3v) is 3.05. The van der Waals surface area contributed by atoms with Gasteiger partial charge in [0.15, 0.2) is 11.4 Å². The summed E-state index contributed by atoms with van der Waals surface area (Å²) in [7, 11) is 1.87. The summed E-state index contributed by atoms with van der Waals surface area (Å²) in [6, 6.07) is 9.66. The standard InChI is InChI=1S/C13H13N5S/c1-18-8-7-12(17-18)10-5-3-4-6-11(10)16-13(19-2)15-9-14/h3-8H,1-2H3,(H,15,16). The van der Waals surface area contributed by atoms with Crippen LogP contribution in [0.4, 0.5) is 5.69 Å². The van der Waals surface area contributed by atoms with Gasteiger partial charge in [0.1, 0.15) is 0 Å². The highest BCUT2D eigenvalue weighted by Crippen LogP contribution is 2.29. The average molecular weight is 271 g/mol. The van der Waals surface area contributed by atoms with E-state index in [0.717, 1.165) is 16.9 Å². The van der Waals surface area contributed by atoms with Crippen molar-refractivity contribution in [2.75, 3.05) is 6.26 Å². The number of nitrogens with one attached hydrogen (secondary N) is 1. The van der Waals surface area contributed by atoms with Gasteiger partial charge < -0.3 is 0 Å². The van der Waals surface area contributed by atoms with Crippen LogP contribution >= 0.6 is 11.8 Å². The number of benzene rings is 1. The second-order valence-electron chi connectivity index (χ2n) is 3.75. The largest absolute Gasteiger partial charge is 0.275 e. The molecule has 5 nitrogen and oxygen atoms in total. The lowest BCUT2D eigenvalue weighted by Gasteiger charge is -2.04. The van der Waals surface area contributed by atoms with E-state index >= 15 is 0 Å². The van der Waals surface area contributed by atoms with Gasteiger partial charge in [-0.15, -0.1) is 0 Å². The van der Waals surface area contributed by atoms with Crippen molar-refractivity contribution in [1.82, 2.24) is 15.1 Å². The summed E-state index contributed by atoms with van der Waals surface area (Å²) in [5.41, 5.74) is 2.59. The van der Waals surface area contributed by atoms with Crippen LogP contribution in [-0.4, -0.2) is 21.2 Å². The quantitative estimate of drug-likeness (QED) is 0.394. The zero-order valence-electron chi connectivity index (χ0n) is 10.7. The van der Waals surface area contributed by atoms with Crippen LogP contribution in [0.5, 0.6) is 0 Å². The van der Waals surface area contributed by atoms with Crippen molar-refractivity contribution in [2.45, 2.75) is 0 Å². The fourth-order valence-corrected chi connectivity index (χ4v) is 1.97. The summed E-state index contributed by atoms with van der Waals surface area (Å²) >= 11 is 1.39. The first-order chi connectivity index (χ1) is 9.24. The van der Waals surface area contributed by atoms with E-state index in [1.54, 1.807) is 4.68 Å². The van der Waals surface area contributed by atoms with Crippen LogP contribution in [0.15, 0.2) is 41.5 Å². The molecule has 1 N–H and O–H groups in total. The minimum atomic E-state index is 0.561. The molecule has 0 aliphatic rings. The molecular formula is C13H13N5S. The Bertz CT molecular complexity index is 638. The topological polar surface area (TPSA) is 66.0 Å².